The molecule has 0 atom stereocenters. The molecule has 0 N–H and O–H groups in total. The number of Topliss-reactive ketones (excluding diaryl/α,β-unsaturated/α-hetero) is 1. The van der Waals surface area contributed by atoms with Crippen molar-refractivity contribution in [1.29, 1.82) is 5.26 Å². The summed E-state index contributed by atoms with van der Waals surface area (Å²) >= 11 is 0. The Bertz CT molecular complexity index is 831. The number of nitrogens with zero attached hydrogens (tertiary/aromatic N) is 2. The Morgan fingerprint density at radius 1 is 1.07 bits per heavy atom. The van der Waals surface area contributed by atoms with E-state index in [1.165, 1.54) is 0 Å². The summed E-state index contributed by atoms with van der Waals surface area (Å²) in [7, 11) is 0. The standard InChI is InChI=1S/C22H24N2O3/c1-4-21(25)18-6-8-20(9-7-18)27-15-22(26)24(11-5-10-23)19-13-16(2)12-17(3)14-19/h6-9,12-14H,4-5,11,15H2,1-3H3. The summed E-state index contributed by atoms with van der Waals surface area (Å²) in [4.78, 5) is 26.0. The van der Waals surface area contributed by atoms with Crippen LogP contribution in [0.4, 0.5) is 5.69 Å². The molecule has 0 fully saturated rings. The van der Waals surface area contributed by atoms with Gasteiger partial charge in [-0.15, -0.1) is 0 Å². The van der Waals surface area contributed by atoms with E-state index in [-0.39, 0.29) is 24.7 Å². The lowest BCUT2D eigenvalue weighted by molar-refractivity contribution is -0.120. The molecule has 2 aromatic carbocycles. The monoisotopic (exact) mass is 364 g/mol. The molecule has 0 saturated carbocycles. The zero-order chi connectivity index (χ0) is 19.8. The number of anilines is 1. The van der Waals surface area contributed by atoms with Crippen molar-refractivity contribution >= 4 is 17.4 Å². The summed E-state index contributed by atoms with van der Waals surface area (Å²) in [5.41, 5.74) is 3.50. The number of hydrogen-bond donors (Lipinski definition) is 0. The predicted molar refractivity (Wildman–Crippen MR) is 105 cm³/mol. The third-order valence-electron chi connectivity index (χ3n) is 4.13. The van der Waals surface area contributed by atoms with E-state index in [0.717, 1.165) is 16.8 Å². The lowest BCUT2D eigenvalue weighted by Crippen LogP contribution is -2.35. The Balaban J connectivity index is 2.09. The van der Waals surface area contributed by atoms with Crippen LogP contribution in [0.15, 0.2) is 42.5 Å². The number of aryl methyl sites for hydroxylation is 2. The minimum atomic E-state index is -0.219. The van der Waals surface area contributed by atoms with Gasteiger partial charge in [-0.1, -0.05) is 13.0 Å². The molecular weight excluding hydrogens is 340 g/mol. The van der Waals surface area contributed by atoms with E-state index in [1.807, 2.05) is 39.0 Å². The van der Waals surface area contributed by atoms with Gasteiger partial charge in [-0.25, -0.2) is 0 Å². The van der Waals surface area contributed by atoms with Crippen LogP contribution >= 0.6 is 0 Å². The fraction of sp³-hybridized carbons (Fsp3) is 0.318. The average molecular weight is 364 g/mol. The summed E-state index contributed by atoms with van der Waals surface area (Å²) < 4.78 is 5.59. The third kappa shape index (κ3) is 5.68. The molecule has 27 heavy (non-hydrogen) atoms. The van der Waals surface area contributed by atoms with Gasteiger partial charge in [0.2, 0.25) is 0 Å². The molecule has 0 saturated heterocycles. The van der Waals surface area contributed by atoms with E-state index in [2.05, 4.69) is 6.07 Å². The van der Waals surface area contributed by atoms with Crippen LogP contribution in [0.25, 0.3) is 0 Å². The number of carbonyl (C=O) groups is 2. The smallest absolute Gasteiger partial charge is 0.264 e. The highest BCUT2D eigenvalue weighted by atomic mass is 16.5. The van der Waals surface area contributed by atoms with Crippen molar-refractivity contribution in [2.75, 3.05) is 18.1 Å². The molecule has 140 valence electrons. The fourth-order valence-corrected chi connectivity index (χ4v) is 2.83. The van der Waals surface area contributed by atoms with Gasteiger partial charge in [0.1, 0.15) is 5.75 Å². The first-order valence-electron chi connectivity index (χ1n) is 8.96. The van der Waals surface area contributed by atoms with E-state index in [1.54, 1.807) is 29.2 Å². The number of carbonyl (C=O) groups excluding carboxylic acids is 2. The minimum Gasteiger partial charge on any atom is -0.484 e. The van der Waals surface area contributed by atoms with Crippen LogP contribution in [-0.4, -0.2) is 24.8 Å². The van der Waals surface area contributed by atoms with Crippen molar-refractivity contribution < 1.29 is 14.3 Å². The van der Waals surface area contributed by atoms with Gasteiger partial charge in [-0.05, 0) is 61.4 Å². The van der Waals surface area contributed by atoms with Crippen LogP contribution in [-0.2, 0) is 4.79 Å². The van der Waals surface area contributed by atoms with Crippen LogP contribution in [0.3, 0.4) is 0 Å². The summed E-state index contributed by atoms with van der Waals surface area (Å²) in [5, 5.41) is 8.91. The normalized spacial score (nSPS) is 10.1. The average Bonchev–Trinajstić information content (AvgIpc) is 2.65. The molecule has 0 heterocycles. The molecule has 0 spiro atoms. The molecule has 0 aliphatic heterocycles. The Kier molecular flexibility index (Phi) is 7.13. The number of ketones is 1. The highest BCUT2D eigenvalue weighted by molar-refractivity contribution is 5.96. The summed E-state index contributed by atoms with van der Waals surface area (Å²) in [5.74, 6) is 0.371. The molecule has 0 bridgehead atoms. The van der Waals surface area contributed by atoms with Gasteiger partial charge in [-0.3, -0.25) is 9.59 Å². The quantitative estimate of drug-likeness (QED) is 0.658. The molecule has 2 aromatic rings. The van der Waals surface area contributed by atoms with Crippen molar-refractivity contribution in [3.63, 3.8) is 0 Å². The highest BCUT2D eigenvalue weighted by Gasteiger charge is 2.17. The maximum Gasteiger partial charge on any atom is 0.264 e. The van der Waals surface area contributed by atoms with Crippen LogP contribution in [0.1, 0.15) is 41.3 Å². The molecule has 0 aliphatic rings. The lowest BCUT2D eigenvalue weighted by Gasteiger charge is -2.23. The molecule has 5 heteroatoms. The first-order chi connectivity index (χ1) is 12.9. The van der Waals surface area contributed by atoms with Gasteiger partial charge in [-0.2, -0.15) is 5.26 Å². The van der Waals surface area contributed by atoms with E-state index in [4.69, 9.17) is 10.00 Å². The Hall–Kier alpha value is -3.13. The number of hydrogen-bond acceptors (Lipinski definition) is 4. The van der Waals surface area contributed by atoms with E-state index in [0.29, 0.717) is 24.3 Å². The first kappa shape index (κ1) is 20.2. The van der Waals surface area contributed by atoms with Gasteiger partial charge < -0.3 is 9.64 Å². The van der Waals surface area contributed by atoms with Crippen LogP contribution in [0.5, 0.6) is 5.75 Å². The van der Waals surface area contributed by atoms with Gasteiger partial charge in [0.05, 0.1) is 12.5 Å². The van der Waals surface area contributed by atoms with Gasteiger partial charge in [0.15, 0.2) is 12.4 Å². The molecular formula is C22H24N2O3. The Morgan fingerprint density at radius 2 is 1.70 bits per heavy atom. The summed E-state index contributed by atoms with van der Waals surface area (Å²) in [6, 6.07) is 14.7. The molecule has 0 aromatic heterocycles. The van der Waals surface area contributed by atoms with Crippen molar-refractivity contribution in [2.45, 2.75) is 33.6 Å². The van der Waals surface area contributed by atoms with Crippen LogP contribution in [0.2, 0.25) is 0 Å². The minimum absolute atomic E-state index is 0.0649. The SMILES string of the molecule is CCC(=O)c1ccc(OCC(=O)N(CCC#N)c2cc(C)cc(C)c2)cc1. The lowest BCUT2D eigenvalue weighted by atomic mass is 10.1. The van der Waals surface area contributed by atoms with Crippen molar-refractivity contribution in [1.82, 2.24) is 0 Å². The second-order valence-corrected chi connectivity index (χ2v) is 6.39. The first-order valence-corrected chi connectivity index (χ1v) is 8.96. The van der Waals surface area contributed by atoms with Gasteiger partial charge in [0.25, 0.3) is 5.91 Å². The maximum atomic E-state index is 12.7. The van der Waals surface area contributed by atoms with E-state index in [9.17, 15) is 9.59 Å². The second kappa shape index (κ2) is 9.54. The van der Waals surface area contributed by atoms with E-state index < -0.39 is 0 Å². The summed E-state index contributed by atoms with van der Waals surface area (Å²) in [6.45, 7) is 5.93. The largest absolute Gasteiger partial charge is 0.484 e. The summed E-state index contributed by atoms with van der Waals surface area (Å²) in [6.07, 6.45) is 0.689. The van der Waals surface area contributed by atoms with Crippen molar-refractivity contribution in [2.24, 2.45) is 0 Å². The fourth-order valence-electron chi connectivity index (χ4n) is 2.83. The second-order valence-electron chi connectivity index (χ2n) is 6.39. The number of ether oxygens (including phenoxy) is 1. The third-order valence-corrected chi connectivity index (χ3v) is 4.13. The number of rotatable bonds is 8. The molecule has 1 amide bonds. The van der Waals surface area contributed by atoms with Crippen molar-refractivity contribution in [3.8, 4) is 11.8 Å². The highest BCUT2D eigenvalue weighted by Crippen LogP contribution is 2.20. The molecule has 2 rings (SSSR count). The Labute approximate surface area is 160 Å². The number of amides is 1. The molecule has 0 unspecified atom stereocenters. The molecule has 5 nitrogen and oxygen atoms in total. The van der Waals surface area contributed by atoms with Crippen LogP contribution in [0, 0.1) is 25.2 Å². The molecule has 0 radical (unpaired) electrons. The maximum absolute atomic E-state index is 12.7. The molecule has 0 aliphatic carbocycles. The zero-order valence-electron chi connectivity index (χ0n) is 16.0. The van der Waals surface area contributed by atoms with Crippen molar-refractivity contribution in [3.05, 3.63) is 59.2 Å². The van der Waals surface area contributed by atoms with E-state index >= 15 is 0 Å². The topological polar surface area (TPSA) is 70.4 Å². The van der Waals surface area contributed by atoms with Crippen LogP contribution < -0.4 is 9.64 Å². The van der Waals surface area contributed by atoms with Gasteiger partial charge >= 0.3 is 0 Å². The zero-order valence-corrected chi connectivity index (χ0v) is 16.0. The number of benzene rings is 2. The number of nitriles is 1. The predicted octanol–water partition coefficient (Wildman–Crippen LogP) is 4.22. The Morgan fingerprint density at radius 3 is 2.26 bits per heavy atom. The van der Waals surface area contributed by atoms with Gasteiger partial charge in [0, 0.05) is 24.2 Å².